The molecule has 9 heteroatoms. The number of hydrogen-bond donors (Lipinski definition) is 1. The third-order valence-electron chi connectivity index (χ3n) is 1.50. The third kappa shape index (κ3) is 1.06. The van der Waals surface area contributed by atoms with E-state index in [0.717, 1.165) is 11.3 Å². The van der Waals surface area contributed by atoms with Gasteiger partial charge in [0.15, 0.2) is 11.4 Å². The van der Waals surface area contributed by atoms with Crippen LogP contribution in [0.25, 0.3) is 0 Å². The zero-order valence-electron chi connectivity index (χ0n) is 6.25. The molecule has 0 unspecified atom stereocenters. The van der Waals surface area contributed by atoms with Crippen LogP contribution >= 0.6 is 0 Å². The highest BCUT2D eigenvalue weighted by Crippen LogP contribution is 2.08. The Balaban J connectivity index is 2.26. The van der Waals surface area contributed by atoms with Crippen molar-refractivity contribution in [1.82, 2.24) is 15.6 Å². The molecule has 2 rings (SSSR count). The summed E-state index contributed by atoms with van der Waals surface area (Å²) in [5.41, 5.74) is 2.16. The molecule has 13 heavy (non-hydrogen) atoms. The fourth-order valence-electron chi connectivity index (χ4n) is 0.968. The number of rotatable bonds is 1. The summed E-state index contributed by atoms with van der Waals surface area (Å²) in [6.07, 6.45) is 0.985. The lowest BCUT2D eigenvalue weighted by molar-refractivity contribution is -0.660. The Morgan fingerprint density at radius 3 is 3.15 bits per heavy atom. The van der Waals surface area contributed by atoms with E-state index in [-0.39, 0.29) is 12.5 Å². The van der Waals surface area contributed by atoms with Crippen LogP contribution in [0.15, 0.2) is 10.1 Å². The predicted octanol–water partition coefficient (Wildman–Crippen LogP) is -1.86. The molecule has 2 aliphatic rings. The van der Waals surface area contributed by atoms with E-state index in [9.17, 15) is 14.9 Å². The van der Waals surface area contributed by atoms with Crippen molar-refractivity contribution < 1.29 is 9.83 Å². The number of carbonyl (C=O) groups excluding carboxylic acids is 1. The van der Waals surface area contributed by atoms with Crippen molar-refractivity contribution >= 4 is 18.2 Å². The number of aliphatic imine (C=N–C) groups is 1. The Morgan fingerprint density at radius 2 is 2.46 bits per heavy atom. The molecule has 0 spiro atoms. The molecule has 9 nitrogen and oxygen atoms in total. The molecular formula is C4H4N6O3. The second kappa shape index (κ2) is 2.40. The first-order chi connectivity index (χ1) is 6.18. The summed E-state index contributed by atoms with van der Waals surface area (Å²) in [6.45, 7) is -0.153. The van der Waals surface area contributed by atoms with Gasteiger partial charge in [0.2, 0.25) is 0 Å². The van der Waals surface area contributed by atoms with Crippen LogP contribution in [0.2, 0.25) is 0 Å². The fraction of sp³-hybridized carbons (Fsp3) is 0.250. The predicted molar refractivity (Wildman–Crippen MR) is 39.6 cm³/mol. The van der Waals surface area contributed by atoms with Gasteiger partial charge >= 0.3 is 0 Å². The lowest BCUT2D eigenvalue weighted by Gasteiger charge is -2.21. The van der Waals surface area contributed by atoms with E-state index in [1.807, 2.05) is 0 Å². The standard InChI is InChI=1S/C4H4N6O3/c11-3-1-8-4(7-6-3)5-2-9(8)10(12)13/h2H,1H2,(H,6,11). The van der Waals surface area contributed by atoms with Crippen LogP contribution in [0.4, 0.5) is 0 Å². The quantitative estimate of drug-likeness (QED) is 0.380. The Labute approximate surface area is 71.4 Å². The first kappa shape index (κ1) is 7.46. The summed E-state index contributed by atoms with van der Waals surface area (Å²) in [7, 11) is 0. The van der Waals surface area contributed by atoms with Crippen LogP contribution in [0, 0.1) is 10.1 Å². The number of nitrogens with zero attached hydrogens (tertiary/aromatic N) is 5. The SMILES string of the molecule is O=C1CN2C(=NN1)N=CN2[N+](=O)[O-]. The minimum atomic E-state index is -0.690. The molecule has 2 heterocycles. The van der Waals surface area contributed by atoms with Gasteiger partial charge in [0.05, 0.1) is 0 Å². The number of nitrogens with one attached hydrogen (secondary N) is 1. The minimum absolute atomic E-state index is 0.108. The Morgan fingerprint density at radius 1 is 1.69 bits per heavy atom. The largest absolute Gasteiger partial charge is 0.271 e. The zero-order chi connectivity index (χ0) is 9.42. The molecule has 0 fully saturated rings. The van der Waals surface area contributed by atoms with E-state index in [0.29, 0.717) is 5.12 Å². The van der Waals surface area contributed by atoms with Crippen molar-refractivity contribution in [2.75, 3.05) is 6.54 Å². The van der Waals surface area contributed by atoms with Crippen LogP contribution in [0.1, 0.15) is 0 Å². The molecule has 68 valence electrons. The average Bonchev–Trinajstić information content (AvgIpc) is 2.46. The maximum atomic E-state index is 10.8. The number of amides is 1. The Kier molecular flexibility index (Phi) is 1.38. The van der Waals surface area contributed by atoms with Crippen LogP contribution in [0.5, 0.6) is 0 Å². The third-order valence-corrected chi connectivity index (χ3v) is 1.50. The molecule has 0 saturated carbocycles. The molecule has 1 amide bonds. The summed E-state index contributed by atoms with van der Waals surface area (Å²) in [4.78, 5) is 24.8. The van der Waals surface area contributed by atoms with Crippen LogP contribution in [-0.2, 0) is 4.79 Å². The number of hydrazone groups is 1. The van der Waals surface area contributed by atoms with Gasteiger partial charge < -0.3 is 0 Å². The van der Waals surface area contributed by atoms with Gasteiger partial charge in [-0.05, 0) is 0 Å². The number of hydrazine groups is 2. The Bertz CT molecular complexity index is 335. The fourth-order valence-corrected chi connectivity index (χ4v) is 0.968. The van der Waals surface area contributed by atoms with E-state index in [4.69, 9.17) is 0 Å². The summed E-state index contributed by atoms with van der Waals surface area (Å²) in [5.74, 6) is -0.308. The van der Waals surface area contributed by atoms with Crippen molar-refractivity contribution in [3.8, 4) is 0 Å². The molecule has 0 aromatic carbocycles. The smallest absolute Gasteiger partial charge is 0.268 e. The number of guanidine groups is 1. The molecule has 2 aliphatic heterocycles. The van der Waals surface area contributed by atoms with E-state index in [1.54, 1.807) is 0 Å². The van der Waals surface area contributed by atoms with Gasteiger partial charge in [0.25, 0.3) is 11.9 Å². The van der Waals surface area contributed by atoms with E-state index in [1.165, 1.54) is 0 Å². The highest BCUT2D eigenvalue weighted by atomic mass is 16.7. The molecule has 0 aromatic rings. The first-order valence-corrected chi connectivity index (χ1v) is 3.30. The molecule has 0 aromatic heterocycles. The van der Waals surface area contributed by atoms with Crippen LogP contribution < -0.4 is 5.43 Å². The van der Waals surface area contributed by atoms with Gasteiger partial charge in [0, 0.05) is 5.12 Å². The van der Waals surface area contributed by atoms with Crippen molar-refractivity contribution in [3.63, 3.8) is 0 Å². The Hall–Kier alpha value is -2.19. The molecule has 0 aliphatic carbocycles. The lowest BCUT2D eigenvalue weighted by atomic mass is 10.5. The van der Waals surface area contributed by atoms with E-state index < -0.39 is 10.9 Å². The van der Waals surface area contributed by atoms with Crippen LogP contribution in [0.3, 0.4) is 0 Å². The highest BCUT2D eigenvalue weighted by molar-refractivity contribution is 5.97. The molecule has 0 bridgehead atoms. The van der Waals surface area contributed by atoms with Gasteiger partial charge in [-0.2, -0.15) is 10.0 Å². The second-order valence-corrected chi connectivity index (χ2v) is 2.31. The van der Waals surface area contributed by atoms with Crippen molar-refractivity contribution in [1.29, 1.82) is 0 Å². The maximum Gasteiger partial charge on any atom is 0.268 e. The lowest BCUT2D eigenvalue weighted by Crippen LogP contribution is -2.51. The first-order valence-electron chi connectivity index (χ1n) is 3.30. The number of nitro groups is 1. The van der Waals surface area contributed by atoms with Gasteiger partial charge in [-0.25, -0.2) is 15.5 Å². The van der Waals surface area contributed by atoms with Crippen molar-refractivity contribution in [3.05, 3.63) is 10.1 Å². The molecule has 0 atom stereocenters. The van der Waals surface area contributed by atoms with Crippen molar-refractivity contribution in [2.45, 2.75) is 0 Å². The second-order valence-electron chi connectivity index (χ2n) is 2.31. The number of carbonyl (C=O) groups is 1. The maximum absolute atomic E-state index is 10.8. The topological polar surface area (TPSA) is 103 Å². The minimum Gasteiger partial charge on any atom is -0.271 e. The highest BCUT2D eigenvalue weighted by Gasteiger charge is 2.35. The molecule has 1 N–H and O–H groups in total. The summed E-state index contributed by atoms with van der Waals surface area (Å²) < 4.78 is 0. The molecule has 0 radical (unpaired) electrons. The monoisotopic (exact) mass is 184 g/mol. The van der Waals surface area contributed by atoms with Gasteiger partial charge in [-0.3, -0.25) is 4.79 Å². The van der Waals surface area contributed by atoms with E-state index in [2.05, 4.69) is 15.5 Å². The number of fused-ring (bicyclic) bond motifs is 1. The molecule has 0 saturated heterocycles. The van der Waals surface area contributed by atoms with Crippen LogP contribution in [-0.4, -0.2) is 39.9 Å². The van der Waals surface area contributed by atoms with Crippen molar-refractivity contribution in [2.24, 2.45) is 10.1 Å². The molecular weight excluding hydrogens is 180 g/mol. The summed E-state index contributed by atoms with van der Waals surface area (Å²) in [6, 6.07) is 0. The van der Waals surface area contributed by atoms with Gasteiger partial charge in [0.1, 0.15) is 6.54 Å². The van der Waals surface area contributed by atoms with E-state index >= 15 is 0 Å². The zero-order valence-corrected chi connectivity index (χ0v) is 6.25. The average molecular weight is 184 g/mol. The van der Waals surface area contributed by atoms with Gasteiger partial charge in [-0.15, -0.1) is 5.10 Å². The normalized spacial score (nSPS) is 19.7. The summed E-state index contributed by atoms with van der Waals surface area (Å²) >= 11 is 0. The van der Waals surface area contributed by atoms with Gasteiger partial charge in [-0.1, -0.05) is 0 Å². The summed E-state index contributed by atoms with van der Waals surface area (Å²) in [5, 5.41) is 14.9. The number of hydrogen-bond acceptors (Lipinski definition) is 6.